The zero-order valence-corrected chi connectivity index (χ0v) is 14.8. The van der Waals surface area contributed by atoms with E-state index in [0.29, 0.717) is 23.6 Å². The van der Waals surface area contributed by atoms with Crippen LogP contribution in [0.3, 0.4) is 0 Å². The van der Waals surface area contributed by atoms with Gasteiger partial charge >= 0.3 is 0 Å². The summed E-state index contributed by atoms with van der Waals surface area (Å²) in [6, 6.07) is 14.1. The maximum atomic E-state index is 5.96. The van der Waals surface area contributed by atoms with Crippen molar-refractivity contribution in [3.8, 4) is 5.82 Å². The molecular weight excluding hydrogens is 326 g/mol. The van der Waals surface area contributed by atoms with E-state index in [1.165, 1.54) is 23.2 Å². The highest BCUT2D eigenvalue weighted by molar-refractivity contribution is 5.55. The van der Waals surface area contributed by atoms with Crippen LogP contribution in [0, 0.1) is 0 Å². The van der Waals surface area contributed by atoms with E-state index in [1.54, 1.807) is 6.20 Å². The summed E-state index contributed by atoms with van der Waals surface area (Å²) in [4.78, 5) is 11.0. The summed E-state index contributed by atoms with van der Waals surface area (Å²) < 4.78 is 1.52. The van der Waals surface area contributed by atoms with Crippen LogP contribution in [-0.2, 0) is 0 Å². The molecule has 3 aromatic rings. The summed E-state index contributed by atoms with van der Waals surface area (Å²) in [5, 5.41) is 7.61. The van der Waals surface area contributed by atoms with Gasteiger partial charge in [-0.1, -0.05) is 25.1 Å². The molecule has 1 aromatic carbocycles. The fraction of sp³-hybridized carbons (Fsp3) is 0.316. The van der Waals surface area contributed by atoms with Crippen LogP contribution in [0.4, 0.5) is 17.6 Å². The van der Waals surface area contributed by atoms with Crippen LogP contribution >= 0.6 is 0 Å². The molecule has 7 nitrogen and oxygen atoms in total. The van der Waals surface area contributed by atoms with Gasteiger partial charge in [0.15, 0.2) is 5.82 Å². The standard InChI is InChI=1S/C19H23N7/c1-2-25-12-10-15(13-25)14-6-8-16(9-7-14)22-19-23-18(20)26(24-19)17-5-3-4-11-21-17/h3-9,11,15H,2,10,12-13H2,1H3,(H3,20,22,23,24). The van der Waals surface area contributed by atoms with E-state index >= 15 is 0 Å². The van der Waals surface area contributed by atoms with E-state index in [-0.39, 0.29) is 0 Å². The molecule has 0 saturated carbocycles. The third-order valence-electron chi connectivity index (χ3n) is 4.86. The number of nitrogens with two attached hydrogens (primary N) is 1. The number of rotatable bonds is 5. The lowest BCUT2D eigenvalue weighted by molar-refractivity contribution is 0.354. The van der Waals surface area contributed by atoms with E-state index in [0.717, 1.165) is 18.8 Å². The van der Waals surface area contributed by atoms with E-state index in [9.17, 15) is 0 Å². The molecule has 26 heavy (non-hydrogen) atoms. The fourth-order valence-electron chi connectivity index (χ4n) is 3.38. The molecule has 4 rings (SSSR count). The topological polar surface area (TPSA) is 84.9 Å². The normalized spacial score (nSPS) is 17.5. The lowest BCUT2D eigenvalue weighted by Crippen LogP contribution is -2.19. The quantitative estimate of drug-likeness (QED) is 0.737. The molecular formula is C19H23N7. The first kappa shape index (κ1) is 16.5. The van der Waals surface area contributed by atoms with Crippen LogP contribution < -0.4 is 11.1 Å². The molecule has 3 heterocycles. The fourth-order valence-corrected chi connectivity index (χ4v) is 3.38. The first-order valence-electron chi connectivity index (χ1n) is 8.96. The maximum Gasteiger partial charge on any atom is 0.248 e. The van der Waals surface area contributed by atoms with Crippen molar-refractivity contribution in [3.05, 3.63) is 54.2 Å². The Hall–Kier alpha value is -2.93. The Labute approximate surface area is 152 Å². The Morgan fingerprint density at radius 2 is 2.04 bits per heavy atom. The molecule has 1 aliphatic heterocycles. The molecule has 3 N–H and O–H groups in total. The average molecular weight is 349 g/mol. The highest BCUT2D eigenvalue weighted by atomic mass is 15.4. The number of hydrogen-bond acceptors (Lipinski definition) is 6. The van der Waals surface area contributed by atoms with Crippen molar-refractivity contribution in [3.63, 3.8) is 0 Å². The minimum atomic E-state index is 0.299. The Balaban J connectivity index is 1.46. The minimum absolute atomic E-state index is 0.299. The van der Waals surface area contributed by atoms with E-state index in [2.05, 4.69) is 56.5 Å². The van der Waals surface area contributed by atoms with Crippen LogP contribution in [-0.4, -0.2) is 44.3 Å². The number of nitrogens with one attached hydrogen (secondary N) is 1. The first-order valence-corrected chi connectivity index (χ1v) is 8.96. The molecule has 0 bridgehead atoms. The molecule has 1 aliphatic rings. The summed E-state index contributed by atoms with van der Waals surface area (Å²) >= 11 is 0. The predicted molar refractivity (Wildman–Crippen MR) is 103 cm³/mol. The summed E-state index contributed by atoms with van der Waals surface area (Å²) in [5.74, 6) is 2.02. The largest absolute Gasteiger partial charge is 0.368 e. The summed E-state index contributed by atoms with van der Waals surface area (Å²) in [6.45, 7) is 5.69. The smallest absolute Gasteiger partial charge is 0.248 e. The van der Waals surface area contributed by atoms with Gasteiger partial charge < -0.3 is 16.0 Å². The van der Waals surface area contributed by atoms with Crippen molar-refractivity contribution in [1.29, 1.82) is 0 Å². The molecule has 1 fully saturated rings. The molecule has 0 radical (unpaired) electrons. The van der Waals surface area contributed by atoms with Crippen LogP contribution in [0.2, 0.25) is 0 Å². The lowest BCUT2D eigenvalue weighted by atomic mass is 9.98. The van der Waals surface area contributed by atoms with Gasteiger partial charge in [0.1, 0.15) is 0 Å². The van der Waals surface area contributed by atoms with Crippen molar-refractivity contribution in [2.24, 2.45) is 0 Å². The average Bonchev–Trinajstić information content (AvgIpc) is 3.30. The molecule has 0 aliphatic carbocycles. The Bertz CT molecular complexity index is 857. The number of nitrogen functional groups attached to an aromatic ring is 1. The van der Waals surface area contributed by atoms with Crippen LogP contribution in [0.25, 0.3) is 5.82 Å². The second-order valence-corrected chi connectivity index (χ2v) is 6.52. The van der Waals surface area contributed by atoms with Crippen LogP contribution in [0.5, 0.6) is 0 Å². The highest BCUT2D eigenvalue weighted by Gasteiger charge is 2.22. The van der Waals surface area contributed by atoms with Gasteiger partial charge in [-0.25, -0.2) is 4.98 Å². The van der Waals surface area contributed by atoms with E-state index < -0.39 is 0 Å². The lowest BCUT2D eigenvalue weighted by Gasteiger charge is -2.13. The van der Waals surface area contributed by atoms with Gasteiger partial charge in [-0.2, -0.15) is 9.67 Å². The van der Waals surface area contributed by atoms with Gasteiger partial charge in [-0.3, -0.25) is 0 Å². The molecule has 1 unspecified atom stereocenters. The Morgan fingerprint density at radius 3 is 2.73 bits per heavy atom. The number of benzene rings is 1. The summed E-state index contributed by atoms with van der Waals surface area (Å²) in [5.41, 5.74) is 8.29. The van der Waals surface area contributed by atoms with Gasteiger partial charge in [-0.15, -0.1) is 5.10 Å². The Morgan fingerprint density at radius 1 is 1.19 bits per heavy atom. The number of anilines is 3. The SMILES string of the molecule is CCN1CCC(c2ccc(Nc3nc(N)n(-c4ccccn4)n3)cc2)C1. The molecule has 134 valence electrons. The second-order valence-electron chi connectivity index (χ2n) is 6.52. The first-order chi connectivity index (χ1) is 12.7. The molecule has 1 saturated heterocycles. The van der Waals surface area contributed by atoms with Crippen molar-refractivity contribution >= 4 is 17.6 Å². The van der Waals surface area contributed by atoms with Crippen LogP contribution in [0.1, 0.15) is 24.8 Å². The zero-order chi connectivity index (χ0) is 17.9. The summed E-state index contributed by atoms with van der Waals surface area (Å²) in [7, 11) is 0. The highest BCUT2D eigenvalue weighted by Crippen LogP contribution is 2.28. The molecule has 0 amide bonds. The van der Waals surface area contributed by atoms with Crippen molar-refractivity contribution < 1.29 is 0 Å². The molecule has 1 atom stereocenters. The number of likely N-dealkylation sites (N-methyl/N-ethyl adjacent to an activating group) is 1. The van der Waals surface area contributed by atoms with Gasteiger partial charge in [0.25, 0.3) is 0 Å². The van der Waals surface area contributed by atoms with Gasteiger partial charge in [0.05, 0.1) is 0 Å². The zero-order valence-electron chi connectivity index (χ0n) is 14.8. The van der Waals surface area contributed by atoms with Gasteiger partial charge in [0, 0.05) is 18.4 Å². The number of hydrogen-bond donors (Lipinski definition) is 2. The van der Waals surface area contributed by atoms with Gasteiger partial charge in [0.2, 0.25) is 11.9 Å². The number of pyridine rings is 1. The van der Waals surface area contributed by atoms with E-state index in [1.807, 2.05) is 18.2 Å². The van der Waals surface area contributed by atoms with Gasteiger partial charge in [-0.05, 0) is 55.3 Å². The van der Waals surface area contributed by atoms with Crippen molar-refractivity contribution in [2.45, 2.75) is 19.3 Å². The van der Waals surface area contributed by atoms with Crippen LogP contribution in [0.15, 0.2) is 48.7 Å². The third-order valence-corrected chi connectivity index (χ3v) is 4.86. The van der Waals surface area contributed by atoms with E-state index in [4.69, 9.17) is 5.73 Å². The van der Waals surface area contributed by atoms with Crippen molar-refractivity contribution in [1.82, 2.24) is 24.6 Å². The third kappa shape index (κ3) is 3.39. The molecule has 2 aromatic heterocycles. The molecule has 0 spiro atoms. The predicted octanol–water partition coefficient (Wildman–Crippen LogP) is 2.80. The number of aromatic nitrogens is 4. The minimum Gasteiger partial charge on any atom is -0.368 e. The summed E-state index contributed by atoms with van der Waals surface area (Å²) in [6.07, 6.45) is 2.93. The van der Waals surface area contributed by atoms with Crippen molar-refractivity contribution in [2.75, 3.05) is 30.7 Å². The maximum absolute atomic E-state index is 5.96. The number of likely N-dealkylation sites (tertiary alicyclic amines) is 1. The second kappa shape index (κ2) is 7.13. The molecule has 7 heteroatoms. The monoisotopic (exact) mass is 349 g/mol. The Kier molecular flexibility index (Phi) is 4.53. The number of nitrogens with zero attached hydrogens (tertiary/aromatic N) is 5.